The summed E-state index contributed by atoms with van der Waals surface area (Å²) in [6.45, 7) is 2.95. The molecule has 0 aliphatic carbocycles. The molecule has 2 aliphatic rings. The van der Waals surface area contributed by atoms with Crippen LogP contribution < -0.4 is 24.3 Å². The van der Waals surface area contributed by atoms with Crippen LogP contribution in [0.4, 0.5) is 0 Å². The summed E-state index contributed by atoms with van der Waals surface area (Å²) in [5.41, 5.74) is 0.688. The first-order chi connectivity index (χ1) is 15.6. The van der Waals surface area contributed by atoms with Gasteiger partial charge in [0.25, 0.3) is 0 Å². The van der Waals surface area contributed by atoms with Gasteiger partial charge in [0.2, 0.25) is 12.7 Å². The number of amides is 1. The van der Waals surface area contributed by atoms with Gasteiger partial charge in [0, 0.05) is 6.54 Å². The molecule has 1 unspecified atom stereocenters. The summed E-state index contributed by atoms with van der Waals surface area (Å²) in [4.78, 5) is 14.9. The van der Waals surface area contributed by atoms with Crippen molar-refractivity contribution in [2.45, 2.75) is 31.4 Å². The van der Waals surface area contributed by atoms with E-state index in [-0.39, 0.29) is 25.7 Å². The van der Waals surface area contributed by atoms with Crippen LogP contribution in [0.3, 0.4) is 0 Å². The first-order valence-corrected chi connectivity index (χ1v) is 11.0. The van der Waals surface area contributed by atoms with Crippen LogP contribution in [0.1, 0.15) is 30.9 Å². The molecule has 0 aromatic heterocycles. The average Bonchev–Trinajstić information content (AvgIpc) is 3.50. The lowest BCUT2D eigenvalue weighted by molar-refractivity contribution is -0.123. The fraction of sp³-hybridized carbons (Fsp3) is 0.458. The molecular weight excluding hydrogens is 412 g/mol. The highest BCUT2D eigenvalue weighted by atomic mass is 16.7. The van der Waals surface area contributed by atoms with Crippen molar-refractivity contribution in [3.8, 4) is 23.0 Å². The van der Waals surface area contributed by atoms with Gasteiger partial charge < -0.3 is 34.3 Å². The van der Waals surface area contributed by atoms with E-state index in [4.69, 9.17) is 18.9 Å². The number of nitrogens with one attached hydrogen (secondary N) is 1. The minimum atomic E-state index is -0.864. The summed E-state index contributed by atoms with van der Waals surface area (Å²) in [5.74, 6) is 2.53. The van der Waals surface area contributed by atoms with E-state index in [1.807, 2.05) is 18.2 Å². The number of ether oxygens (including phenoxy) is 4. The molecule has 0 radical (unpaired) electrons. The molecule has 8 nitrogen and oxygen atoms in total. The Labute approximate surface area is 188 Å². The molecule has 172 valence electrons. The fourth-order valence-corrected chi connectivity index (χ4v) is 4.01. The molecule has 2 heterocycles. The van der Waals surface area contributed by atoms with Gasteiger partial charge in [-0.05, 0) is 67.9 Å². The molecule has 32 heavy (non-hydrogen) atoms. The number of carbonyl (C=O) groups excluding carboxylic acids is 1. The van der Waals surface area contributed by atoms with Crippen LogP contribution in [0.2, 0.25) is 0 Å². The maximum Gasteiger partial charge on any atom is 0.231 e. The van der Waals surface area contributed by atoms with Crippen LogP contribution >= 0.6 is 0 Å². The lowest BCUT2D eigenvalue weighted by Gasteiger charge is -2.29. The van der Waals surface area contributed by atoms with Crippen molar-refractivity contribution in [3.05, 3.63) is 48.0 Å². The highest BCUT2D eigenvalue weighted by Crippen LogP contribution is 2.35. The van der Waals surface area contributed by atoms with E-state index in [2.05, 4.69) is 10.2 Å². The Morgan fingerprint density at radius 3 is 2.56 bits per heavy atom. The molecule has 0 bridgehead atoms. The van der Waals surface area contributed by atoms with E-state index < -0.39 is 12.1 Å². The smallest absolute Gasteiger partial charge is 0.231 e. The largest absolute Gasteiger partial charge is 0.497 e. The molecule has 2 aliphatic heterocycles. The molecule has 2 N–H and O–H groups in total. The highest BCUT2D eigenvalue weighted by Gasteiger charge is 2.28. The number of fused-ring (bicyclic) bond motifs is 1. The van der Waals surface area contributed by atoms with Crippen molar-refractivity contribution < 1.29 is 28.8 Å². The van der Waals surface area contributed by atoms with Crippen LogP contribution in [0.15, 0.2) is 42.5 Å². The number of aliphatic hydroxyl groups excluding tert-OH is 1. The lowest BCUT2D eigenvalue weighted by atomic mass is 10.0. The van der Waals surface area contributed by atoms with Crippen molar-refractivity contribution >= 4 is 5.91 Å². The van der Waals surface area contributed by atoms with Gasteiger partial charge in [-0.25, -0.2) is 0 Å². The van der Waals surface area contributed by atoms with Crippen LogP contribution in [0.5, 0.6) is 23.0 Å². The van der Waals surface area contributed by atoms with Gasteiger partial charge in [0.05, 0.1) is 26.2 Å². The predicted molar refractivity (Wildman–Crippen MR) is 118 cm³/mol. The van der Waals surface area contributed by atoms with Crippen LogP contribution in [-0.4, -0.2) is 62.1 Å². The van der Waals surface area contributed by atoms with E-state index in [9.17, 15) is 9.90 Å². The predicted octanol–water partition coefficient (Wildman–Crippen LogP) is 2.51. The van der Waals surface area contributed by atoms with Gasteiger partial charge >= 0.3 is 0 Å². The topological polar surface area (TPSA) is 89.5 Å². The first-order valence-electron chi connectivity index (χ1n) is 11.0. The van der Waals surface area contributed by atoms with Crippen LogP contribution in [0.25, 0.3) is 0 Å². The molecule has 8 heteroatoms. The molecule has 2 aromatic carbocycles. The van der Waals surface area contributed by atoms with Gasteiger partial charge in [-0.1, -0.05) is 6.07 Å². The Morgan fingerprint density at radius 2 is 1.81 bits per heavy atom. The number of aliphatic hydroxyl groups is 1. The molecule has 0 spiro atoms. The normalized spacial score (nSPS) is 17.1. The molecule has 1 saturated heterocycles. The number of hydrogen-bond donors (Lipinski definition) is 2. The molecule has 2 atom stereocenters. The number of nitrogens with zero attached hydrogens (tertiary/aromatic N) is 1. The van der Waals surface area contributed by atoms with Gasteiger partial charge in [0.15, 0.2) is 11.5 Å². The number of methoxy groups -OCH3 is 1. The number of likely N-dealkylation sites (tertiary alicyclic amines) is 1. The zero-order valence-electron chi connectivity index (χ0n) is 18.3. The Kier molecular flexibility index (Phi) is 7.34. The fourth-order valence-electron chi connectivity index (χ4n) is 4.01. The summed E-state index contributed by atoms with van der Waals surface area (Å²) < 4.78 is 21.6. The van der Waals surface area contributed by atoms with Gasteiger partial charge in [-0.3, -0.25) is 4.79 Å². The van der Waals surface area contributed by atoms with Crippen molar-refractivity contribution in [1.29, 1.82) is 0 Å². The van der Waals surface area contributed by atoms with Crippen molar-refractivity contribution in [2.75, 3.05) is 40.1 Å². The molecule has 1 amide bonds. The zero-order valence-corrected chi connectivity index (χ0v) is 18.3. The van der Waals surface area contributed by atoms with Crippen LogP contribution in [0, 0.1) is 0 Å². The molecule has 0 saturated carbocycles. The molecular formula is C24H30N2O6. The van der Waals surface area contributed by atoms with Gasteiger partial charge in [-0.2, -0.15) is 0 Å². The van der Waals surface area contributed by atoms with E-state index in [1.54, 1.807) is 31.4 Å². The van der Waals surface area contributed by atoms with E-state index in [1.165, 1.54) is 0 Å². The summed E-state index contributed by atoms with van der Waals surface area (Å²) in [6, 6.07) is 12.2. The van der Waals surface area contributed by atoms with E-state index in [0.29, 0.717) is 29.4 Å². The summed E-state index contributed by atoms with van der Waals surface area (Å²) in [5, 5.41) is 14.1. The van der Waals surface area contributed by atoms with Crippen molar-refractivity contribution in [1.82, 2.24) is 10.2 Å². The zero-order chi connectivity index (χ0) is 22.3. The van der Waals surface area contributed by atoms with Crippen LogP contribution in [-0.2, 0) is 4.79 Å². The first kappa shape index (κ1) is 22.2. The maximum atomic E-state index is 12.7. The number of carbonyl (C=O) groups is 1. The second-order valence-electron chi connectivity index (χ2n) is 8.01. The second-order valence-corrected chi connectivity index (χ2v) is 8.01. The third-order valence-corrected chi connectivity index (χ3v) is 5.78. The highest BCUT2D eigenvalue weighted by molar-refractivity contribution is 5.76. The average molecular weight is 443 g/mol. The molecule has 2 aromatic rings. The quantitative estimate of drug-likeness (QED) is 0.584. The lowest BCUT2D eigenvalue weighted by Crippen LogP contribution is -2.47. The number of benzene rings is 2. The molecule has 4 rings (SSSR count). The van der Waals surface area contributed by atoms with Gasteiger partial charge in [-0.15, -0.1) is 0 Å². The third-order valence-electron chi connectivity index (χ3n) is 5.78. The monoisotopic (exact) mass is 442 g/mol. The van der Waals surface area contributed by atoms with E-state index in [0.717, 1.165) is 31.7 Å². The summed E-state index contributed by atoms with van der Waals surface area (Å²) in [6.07, 6.45) is 1.60. The Morgan fingerprint density at radius 1 is 1.09 bits per heavy atom. The number of rotatable bonds is 10. The van der Waals surface area contributed by atoms with Crippen molar-refractivity contribution in [3.63, 3.8) is 0 Å². The third kappa shape index (κ3) is 5.63. The van der Waals surface area contributed by atoms with E-state index >= 15 is 0 Å². The summed E-state index contributed by atoms with van der Waals surface area (Å²) in [7, 11) is 1.61. The minimum Gasteiger partial charge on any atom is -0.497 e. The Hall–Kier alpha value is -2.97. The Balaban J connectivity index is 1.35. The molecule has 1 fully saturated rings. The SMILES string of the molecule is COc1ccc(OCCC(=O)N[C@H](CN2CCCC2)C(O)c2ccc3c(c2)OCO3)cc1. The van der Waals surface area contributed by atoms with Crippen molar-refractivity contribution in [2.24, 2.45) is 0 Å². The minimum absolute atomic E-state index is 0.164. The summed E-state index contributed by atoms with van der Waals surface area (Å²) >= 11 is 0. The second kappa shape index (κ2) is 10.6. The number of hydrogen-bond acceptors (Lipinski definition) is 7. The van der Waals surface area contributed by atoms with Gasteiger partial charge in [0.1, 0.15) is 17.6 Å². The standard InChI is InChI=1S/C24H30N2O6/c1-29-18-5-7-19(8-6-18)30-13-10-23(27)25-20(15-26-11-2-3-12-26)24(28)17-4-9-21-22(14-17)32-16-31-21/h4-9,14,20,24,28H,2-3,10-13,15-16H2,1H3,(H,25,27)/t20-,24?/m1/s1. The Bertz CT molecular complexity index is 898. The maximum absolute atomic E-state index is 12.7.